The maximum Gasteiger partial charge on any atom is 0.171 e. The average molecular weight is 293 g/mol. The Hall–Kier alpha value is -2.20. The Morgan fingerprint density at radius 1 is 1.10 bits per heavy atom. The number of fused-ring (bicyclic) bond motifs is 2. The van der Waals surface area contributed by atoms with E-state index >= 15 is 0 Å². The van der Waals surface area contributed by atoms with E-state index in [2.05, 4.69) is 45.9 Å². The van der Waals surface area contributed by atoms with Crippen molar-refractivity contribution in [2.24, 2.45) is 0 Å². The Bertz CT molecular complexity index is 737. The number of nitrogens with zero attached hydrogens (tertiary/aromatic N) is 1. The van der Waals surface area contributed by atoms with Crippen molar-refractivity contribution in [3.05, 3.63) is 71.1 Å². The van der Waals surface area contributed by atoms with E-state index in [0.717, 1.165) is 18.4 Å². The predicted octanol–water partition coefficient (Wildman–Crippen LogP) is 2.96. The summed E-state index contributed by atoms with van der Waals surface area (Å²) in [6, 6.07) is 12.7. The number of aryl methyl sites for hydroxylation is 1. The molecule has 2 heterocycles. The van der Waals surface area contributed by atoms with E-state index < -0.39 is 0 Å². The van der Waals surface area contributed by atoms with Crippen LogP contribution in [0.3, 0.4) is 0 Å². The van der Waals surface area contributed by atoms with Crippen molar-refractivity contribution in [1.29, 1.82) is 0 Å². The molecule has 4 rings (SSSR count). The van der Waals surface area contributed by atoms with E-state index in [4.69, 9.17) is 12.2 Å². The second kappa shape index (κ2) is 4.97. The minimum atomic E-state index is 0.121. The van der Waals surface area contributed by atoms with Gasteiger partial charge in [-0.15, -0.1) is 0 Å². The molecule has 0 fully saturated rings. The zero-order valence-corrected chi connectivity index (χ0v) is 12.3. The van der Waals surface area contributed by atoms with Gasteiger partial charge in [-0.05, 0) is 47.8 Å². The highest BCUT2D eigenvalue weighted by Gasteiger charge is 2.30. The second-order valence-corrected chi connectivity index (χ2v) is 5.78. The summed E-state index contributed by atoms with van der Waals surface area (Å²) in [6.45, 7) is 0. The van der Waals surface area contributed by atoms with Crippen molar-refractivity contribution in [2.45, 2.75) is 18.9 Å². The molecular weight excluding hydrogens is 278 g/mol. The zero-order valence-electron chi connectivity index (χ0n) is 11.5. The minimum Gasteiger partial charge on any atom is -0.352 e. The molecule has 0 amide bonds. The van der Waals surface area contributed by atoms with Gasteiger partial charge in [0.15, 0.2) is 5.11 Å². The lowest BCUT2D eigenvalue weighted by molar-refractivity contribution is 0.665. The first kappa shape index (κ1) is 12.5. The van der Waals surface area contributed by atoms with Crippen molar-refractivity contribution >= 4 is 23.0 Å². The lowest BCUT2D eigenvalue weighted by atomic mass is 9.83. The van der Waals surface area contributed by atoms with Crippen LogP contribution in [0.4, 0.5) is 0 Å². The molecule has 2 aromatic rings. The summed E-state index contributed by atoms with van der Waals surface area (Å²) in [5, 5.41) is 7.42. The number of pyridine rings is 1. The third-order valence-corrected chi connectivity index (χ3v) is 4.37. The van der Waals surface area contributed by atoms with Crippen LogP contribution in [0.1, 0.15) is 29.2 Å². The molecule has 104 valence electrons. The summed E-state index contributed by atoms with van der Waals surface area (Å²) in [7, 11) is 0. The fraction of sp³-hybridized carbons (Fsp3) is 0.176. The molecule has 4 heteroatoms. The van der Waals surface area contributed by atoms with Crippen molar-refractivity contribution in [1.82, 2.24) is 15.6 Å². The van der Waals surface area contributed by atoms with E-state index in [1.165, 1.54) is 22.4 Å². The quantitative estimate of drug-likeness (QED) is 0.793. The molecule has 0 spiro atoms. The van der Waals surface area contributed by atoms with Gasteiger partial charge in [0.25, 0.3) is 0 Å². The van der Waals surface area contributed by atoms with E-state index in [-0.39, 0.29) is 6.04 Å². The van der Waals surface area contributed by atoms with Gasteiger partial charge in [0.2, 0.25) is 0 Å². The number of thiocarbonyl (C=S) groups is 1. The van der Waals surface area contributed by atoms with Crippen molar-refractivity contribution in [3.8, 4) is 0 Å². The highest BCUT2D eigenvalue weighted by molar-refractivity contribution is 7.80. The highest BCUT2D eigenvalue weighted by Crippen LogP contribution is 2.38. The molecule has 0 saturated heterocycles. The Balaban J connectivity index is 1.86. The zero-order chi connectivity index (χ0) is 14.2. The number of aromatic nitrogens is 1. The van der Waals surface area contributed by atoms with Crippen LogP contribution in [-0.4, -0.2) is 10.1 Å². The second-order valence-electron chi connectivity index (χ2n) is 5.38. The summed E-state index contributed by atoms with van der Waals surface area (Å²) in [6.07, 6.45) is 5.82. The molecule has 0 bridgehead atoms. The fourth-order valence-corrected chi connectivity index (χ4v) is 3.40. The summed E-state index contributed by atoms with van der Waals surface area (Å²) in [5.74, 6) is 0. The molecule has 1 aromatic heterocycles. The van der Waals surface area contributed by atoms with Gasteiger partial charge < -0.3 is 10.6 Å². The smallest absolute Gasteiger partial charge is 0.171 e. The van der Waals surface area contributed by atoms with Gasteiger partial charge in [0.1, 0.15) is 0 Å². The SMILES string of the molecule is S=C1NC2=C(CCc3ccccc32)[C@@H](c2cccnc2)N1. The maximum absolute atomic E-state index is 5.40. The lowest BCUT2D eigenvalue weighted by Crippen LogP contribution is -2.44. The van der Waals surface area contributed by atoms with Gasteiger partial charge in [-0.1, -0.05) is 30.3 Å². The van der Waals surface area contributed by atoms with Crippen molar-refractivity contribution in [2.75, 3.05) is 0 Å². The first-order valence-corrected chi connectivity index (χ1v) is 7.52. The maximum atomic E-state index is 5.40. The van der Waals surface area contributed by atoms with Gasteiger partial charge in [-0.2, -0.15) is 0 Å². The summed E-state index contributed by atoms with van der Waals surface area (Å²) in [5.41, 5.74) is 6.37. The molecule has 1 aliphatic carbocycles. The highest BCUT2D eigenvalue weighted by atomic mass is 32.1. The van der Waals surface area contributed by atoms with Crippen LogP contribution < -0.4 is 10.6 Å². The summed E-state index contributed by atoms with van der Waals surface area (Å²) >= 11 is 5.40. The molecule has 0 unspecified atom stereocenters. The van der Waals surface area contributed by atoms with E-state index in [0.29, 0.717) is 5.11 Å². The molecule has 0 saturated carbocycles. The van der Waals surface area contributed by atoms with Crippen LogP contribution in [0.5, 0.6) is 0 Å². The van der Waals surface area contributed by atoms with Crippen LogP contribution in [0.15, 0.2) is 54.4 Å². The predicted molar refractivity (Wildman–Crippen MR) is 87.5 cm³/mol. The van der Waals surface area contributed by atoms with Crippen LogP contribution in [-0.2, 0) is 6.42 Å². The number of nitrogens with one attached hydrogen (secondary N) is 2. The number of rotatable bonds is 1. The number of hydrogen-bond donors (Lipinski definition) is 2. The molecular formula is C17H15N3S. The van der Waals surface area contributed by atoms with Gasteiger partial charge in [-0.25, -0.2) is 0 Å². The molecule has 2 N–H and O–H groups in total. The number of hydrogen-bond acceptors (Lipinski definition) is 2. The molecule has 21 heavy (non-hydrogen) atoms. The van der Waals surface area contributed by atoms with Crippen LogP contribution >= 0.6 is 12.2 Å². The largest absolute Gasteiger partial charge is 0.352 e. The van der Waals surface area contributed by atoms with E-state index in [1.54, 1.807) is 6.20 Å². The summed E-state index contributed by atoms with van der Waals surface area (Å²) in [4.78, 5) is 4.24. The average Bonchev–Trinajstić information content (AvgIpc) is 2.55. The molecule has 0 radical (unpaired) electrons. The molecule has 3 nitrogen and oxygen atoms in total. The van der Waals surface area contributed by atoms with Crippen LogP contribution in [0, 0.1) is 0 Å². The van der Waals surface area contributed by atoms with Gasteiger partial charge in [-0.3, -0.25) is 4.98 Å². The minimum absolute atomic E-state index is 0.121. The van der Waals surface area contributed by atoms with Gasteiger partial charge >= 0.3 is 0 Å². The van der Waals surface area contributed by atoms with E-state index in [9.17, 15) is 0 Å². The molecule has 2 aliphatic rings. The molecule has 1 atom stereocenters. The van der Waals surface area contributed by atoms with E-state index in [1.807, 2.05) is 12.3 Å². The fourth-order valence-electron chi connectivity index (χ4n) is 3.18. The monoisotopic (exact) mass is 293 g/mol. The first-order valence-electron chi connectivity index (χ1n) is 7.12. The van der Waals surface area contributed by atoms with Crippen LogP contribution in [0.2, 0.25) is 0 Å². The number of benzene rings is 1. The third-order valence-electron chi connectivity index (χ3n) is 4.15. The molecule has 1 aromatic carbocycles. The van der Waals surface area contributed by atoms with Crippen molar-refractivity contribution in [3.63, 3.8) is 0 Å². The Kier molecular flexibility index (Phi) is 2.97. The van der Waals surface area contributed by atoms with Gasteiger partial charge in [0, 0.05) is 23.7 Å². The molecule has 1 aliphatic heterocycles. The standard InChI is InChI=1S/C17H15N3S/c21-17-19-15(12-5-3-9-18-10-12)14-8-7-11-4-1-2-6-13(11)16(14)20-17/h1-6,9-10,15H,7-8H2,(H2,19,20,21)/t15-/m1/s1. The normalized spacial score (nSPS) is 20.2. The Morgan fingerprint density at radius 2 is 2.00 bits per heavy atom. The Labute approximate surface area is 129 Å². The third kappa shape index (κ3) is 2.12. The summed E-state index contributed by atoms with van der Waals surface area (Å²) < 4.78 is 0. The Morgan fingerprint density at radius 3 is 2.86 bits per heavy atom. The lowest BCUT2D eigenvalue weighted by Gasteiger charge is -2.35. The topological polar surface area (TPSA) is 37.0 Å². The van der Waals surface area contributed by atoms with Crippen LogP contribution in [0.25, 0.3) is 5.70 Å². The van der Waals surface area contributed by atoms with Crippen molar-refractivity contribution < 1.29 is 0 Å². The first-order chi connectivity index (χ1) is 10.3. The van der Waals surface area contributed by atoms with Gasteiger partial charge in [0.05, 0.1) is 6.04 Å².